The summed E-state index contributed by atoms with van der Waals surface area (Å²) in [5.41, 5.74) is -0.212. The van der Waals surface area contributed by atoms with Crippen LogP contribution in [0.1, 0.15) is 17.3 Å². The van der Waals surface area contributed by atoms with E-state index in [0.29, 0.717) is 30.4 Å². The first-order valence-electron chi connectivity index (χ1n) is 8.42. The standard InChI is InChI=1S/C19H18F2N2O4/c1-2-23(19(25)18-13(20)4-3-5-14(18)21)11-17(24)22-12-6-7-15-16(10-12)27-9-8-26-15/h3-7,10H,2,8-9,11H2,1H3,(H,22,24). The van der Waals surface area contributed by atoms with E-state index in [9.17, 15) is 18.4 Å². The molecule has 3 rings (SSSR count). The predicted octanol–water partition coefficient (Wildman–Crippen LogP) is 2.84. The normalized spacial score (nSPS) is 12.4. The van der Waals surface area contributed by atoms with Gasteiger partial charge in [0.2, 0.25) is 5.91 Å². The Morgan fingerprint density at radius 3 is 2.41 bits per heavy atom. The molecule has 0 spiro atoms. The highest BCUT2D eigenvalue weighted by molar-refractivity contribution is 5.99. The summed E-state index contributed by atoms with van der Waals surface area (Å²) in [4.78, 5) is 25.8. The van der Waals surface area contributed by atoms with Crippen molar-refractivity contribution in [2.24, 2.45) is 0 Å². The van der Waals surface area contributed by atoms with Crippen molar-refractivity contribution in [2.75, 3.05) is 31.6 Å². The lowest BCUT2D eigenvalue weighted by atomic mass is 10.1. The highest BCUT2D eigenvalue weighted by Gasteiger charge is 2.24. The van der Waals surface area contributed by atoms with E-state index in [0.717, 1.165) is 17.0 Å². The van der Waals surface area contributed by atoms with Crippen molar-refractivity contribution in [1.82, 2.24) is 4.90 Å². The van der Waals surface area contributed by atoms with Crippen LogP contribution < -0.4 is 14.8 Å². The Bertz CT molecular complexity index is 853. The number of fused-ring (bicyclic) bond motifs is 1. The number of hydrogen-bond acceptors (Lipinski definition) is 4. The lowest BCUT2D eigenvalue weighted by Crippen LogP contribution is -2.38. The number of carbonyl (C=O) groups is 2. The summed E-state index contributed by atoms with van der Waals surface area (Å²) < 4.78 is 38.5. The highest BCUT2D eigenvalue weighted by Crippen LogP contribution is 2.32. The van der Waals surface area contributed by atoms with Crippen molar-refractivity contribution in [3.05, 3.63) is 53.6 Å². The van der Waals surface area contributed by atoms with Crippen LogP contribution in [0.25, 0.3) is 0 Å². The summed E-state index contributed by atoms with van der Waals surface area (Å²) in [5.74, 6) is -2.23. The van der Waals surface area contributed by atoms with E-state index in [1.54, 1.807) is 25.1 Å². The molecule has 0 saturated carbocycles. The molecule has 6 nitrogen and oxygen atoms in total. The summed E-state index contributed by atoms with van der Waals surface area (Å²) in [7, 11) is 0. The zero-order chi connectivity index (χ0) is 19.4. The van der Waals surface area contributed by atoms with E-state index < -0.39 is 29.0 Å². The van der Waals surface area contributed by atoms with Crippen molar-refractivity contribution in [3.8, 4) is 11.5 Å². The minimum absolute atomic E-state index is 0.112. The van der Waals surface area contributed by atoms with Crippen LogP contribution in [0.2, 0.25) is 0 Å². The van der Waals surface area contributed by atoms with E-state index in [4.69, 9.17) is 9.47 Å². The molecule has 0 saturated heterocycles. The Kier molecular flexibility index (Phi) is 5.54. The molecule has 0 unspecified atom stereocenters. The summed E-state index contributed by atoms with van der Waals surface area (Å²) in [6.07, 6.45) is 0. The fourth-order valence-corrected chi connectivity index (χ4v) is 2.68. The molecule has 2 aromatic carbocycles. The topological polar surface area (TPSA) is 67.9 Å². The van der Waals surface area contributed by atoms with E-state index >= 15 is 0 Å². The van der Waals surface area contributed by atoms with Crippen LogP contribution in [0.4, 0.5) is 14.5 Å². The van der Waals surface area contributed by atoms with Gasteiger partial charge in [0.1, 0.15) is 37.0 Å². The minimum Gasteiger partial charge on any atom is -0.486 e. The molecule has 0 fully saturated rings. The minimum atomic E-state index is -0.967. The van der Waals surface area contributed by atoms with Gasteiger partial charge in [0.25, 0.3) is 5.91 Å². The van der Waals surface area contributed by atoms with Crippen LogP contribution in [-0.2, 0) is 4.79 Å². The van der Waals surface area contributed by atoms with Crippen LogP contribution in [0, 0.1) is 11.6 Å². The Morgan fingerprint density at radius 2 is 1.74 bits per heavy atom. The number of ether oxygens (including phenoxy) is 2. The van der Waals surface area contributed by atoms with Gasteiger partial charge in [-0.2, -0.15) is 0 Å². The monoisotopic (exact) mass is 376 g/mol. The van der Waals surface area contributed by atoms with E-state index in [-0.39, 0.29) is 13.1 Å². The number of anilines is 1. The first-order chi connectivity index (χ1) is 13.0. The van der Waals surface area contributed by atoms with Gasteiger partial charge in [-0.05, 0) is 31.2 Å². The first kappa shape index (κ1) is 18.6. The lowest BCUT2D eigenvalue weighted by Gasteiger charge is -2.22. The molecule has 2 amide bonds. The van der Waals surface area contributed by atoms with Gasteiger partial charge in [-0.3, -0.25) is 9.59 Å². The van der Waals surface area contributed by atoms with E-state index in [2.05, 4.69) is 5.32 Å². The van der Waals surface area contributed by atoms with Crippen molar-refractivity contribution in [2.45, 2.75) is 6.92 Å². The number of hydrogen-bond donors (Lipinski definition) is 1. The summed E-state index contributed by atoms with van der Waals surface area (Å²) >= 11 is 0. The maximum Gasteiger partial charge on any atom is 0.260 e. The van der Waals surface area contributed by atoms with Crippen LogP contribution in [0.15, 0.2) is 36.4 Å². The third kappa shape index (κ3) is 4.16. The Morgan fingerprint density at radius 1 is 1.07 bits per heavy atom. The summed E-state index contributed by atoms with van der Waals surface area (Å²) in [5, 5.41) is 2.64. The number of rotatable bonds is 5. The number of halogens is 2. The molecule has 27 heavy (non-hydrogen) atoms. The van der Waals surface area contributed by atoms with Crippen LogP contribution in [0.3, 0.4) is 0 Å². The summed E-state index contributed by atoms with van der Waals surface area (Å²) in [6, 6.07) is 8.09. The number of likely N-dealkylation sites (N-methyl/N-ethyl adjacent to an activating group) is 1. The largest absolute Gasteiger partial charge is 0.486 e. The number of carbonyl (C=O) groups excluding carboxylic acids is 2. The van der Waals surface area contributed by atoms with Gasteiger partial charge < -0.3 is 19.7 Å². The van der Waals surface area contributed by atoms with Crippen LogP contribution >= 0.6 is 0 Å². The Balaban J connectivity index is 1.69. The van der Waals surface area contributed by atoms with Gasteiger partial charge in [0.05, 0.1) is 0 Å². The SMILES string of the molecule is CCN(CC(=O)Nc1ccc2c(c1)OCCO2)C(=O)c1c(F)cccc1F. The number of nitrogens with zero attached hydrogens (tertiary/aromatic N) is 1. The average Bonchev–Trinajstić information content (AvgIpc) is 2.65. The number of nitrogens with one attached hydrogen (secondary N) is 1. The Labute approximate surface area is 154 Å². The van der Waals surface area contributed by atoms with Gasteiger partial charge in [-0.15, -0.1) is 0 Å². The second-order valence-corrected chi connectivity index (χ2v) is 5.82. The first-order valence-corrected chi connectivity index (χ1v) is 8.42. The molecule has 2 aromatic rings. The number of benzene rings is 2. The molecule has 0 aromatic heterocycles. The molecular formula is C19H18F2N2O4. The third-order valence-electron chi connectivity index (χ3n) is 4.01. The van der Waals surface area contributed by atoms with E-state index in [1.807, 2.05) is 0 Å². The molecule has 1 aliphatic rings. The van der Waals surface area contributed by atoms with Crippen molar-refractivity contribution < 1.29 is 27.8 Å². The molecular weight excluding hydrogens is 358 g/mol. The molecule has 8 heteroatoms. The zero-order valence-corrected chi connectivity index (χ0v) is 14.6. The smallest absolute Gasteiger partial charge is 0.260 e. The maximum atomic E-state index is 13.8. The second kappa shape index (κ2) is 8.03. The van der Waals surface area contributed by atoms with Gasteiger partial charge >= 0.3 is 0 Å². The lowest BCUT2D eigenvalue weighted by molar-refractivity contribution is -0.116. The summed E-state index contributed by atoms with van der Waals surface area (Å²) in [6.45, 7) is 2.25. The maximum absolute atomic E-state index is 13.8. The average molecular weight is 376 g/mol. The molecule has 1 heterocycles. The molecule has 0 bridgehead atoms. The molecule has 1 aliphatic heterocycles. The van der Waals surface area contributed by atoms with Gasteiger partial charge in [0.15, 0.2) is 11.5 Å². The van der Waals surface area contributed by atoms with E-state index in [1.165, 1.54) is 6.07 Å². The molecule has 1 N–H and O–H groups in total. The Hall–Kier alpha value is -3.16. The van der Waals surface area contributed by atoms with Crippen molar-refractivity contribution in [1.29, 1.82) is 0 Å². The third-order valence-corrected chi connectivity index (χ3v) is 4.01. The molecule has 0 aliphatic carbocycles. The van der Waals surface area contributed by atoms with Gasteiger partial charge in [0, 0.05) is 18.3 Å². The van der Waals surface area contributed by atoms with Crippen LogP contribution in [-0.4, -0.2) is 43.0 Å². The second-order valence-electron chi connectivity index (χ2n) is 5.82. The molecule has 0 radical (unpaired) electrons. The fraction of sp³-hybridized carbons (Fsp3) is 0.263. The fourth-order valence-electron chi connectivity index (χ4n) is 2.68. The molecule has 142 valence electrons. The van der Waals surface area contributed by atoms with Gasteiger partial charge in [-0.25, -0.2) is 8.78 Å². The van der Waals surface area contributed by atoms with Gasteiger partial charge in [-0.1, -0.05) is 6.07 Å². The quantitative estimate of drug-likeness (QED) is 0.871. The predicted molar refractivity (Wildman–Crippen MR) is 94.0 cm³/mol. The highest BCUT2D eigenvalue weighted by atomic mass is 19.1. The van der Waals surface area contributed by atoms with Crippen molar-refractivity contribution >= 4 is 17.5 Å². The van der Waals surface area contributed by atoms with Crippen LogP contribution in [0.5, 0.6) is 11.5 Å². The van der Waals surface area contributed by atoms with Crippen molar-refractivity contribution in [3.63, 3.8) is 0 Å². The zero-order valence-electron chi connectivity index (χ0n) is 14.6. The molecule has 0 atom stereocenters. The number of amides is 2.